The van der Waals surface area contributed by atoms with Crippen LogP contribution in [0.2, 0.25) is 0 Å². The molecule has 2 N–H and O–H groups in total. The number of rotatable bonds is 5. The predicted molar refractivity (Wildman–Crippen MR) is 78.6 cm³/mol. The molecule has 0 spiro atoms. The first-order chi connectivity index (χ1) is 9.20. The predicted octanol–water partition coefficient (Wildman–Crippen LogP) is 2.71. The van der Waals surface area contributed by atoms with Gasteiger partial charge in [0.15, 0.2) is 0 Å². The first-order valence-electron chi connectivity index (χ1n) is 7.47. The highest BCUT2D eigenvalue weighted by atomic mass is 16.4. The van der Waals surface area contributed by atoms with Gasteiger partial charge in [0.25, 0.3) is 0 Å². The highest BCUT2D eigenvalue weighted by Gasteiger charge is 2.33. The van der Waals surface area contributed by atoms with E-state index < -0.39 is 5.97 Å². The van der Waals surface area contributed by atoms with Crippen LogP contribution in [-0.2, 0) is 4.79 Å². The van der Waals surface area contributed by atoms with Gasteiger partial charge in [-0.15, -0.1) is 0 Å². The van der Waals surface area contributed by atoms with E-state index in [1.807, 2.05) is 11.8 Å². The van der Waals surface area contributed by atoms with E-state index in [0.29, 0.717) is 18.8 Å². The maximum atomic E-state index is 12.1. The lowest BCUT2D eigenvalue weighted by Crippen LogP contribution is -2.43. The molecular weight excluding hydrogens is 256 g/mol. The highest BCUT2D eigenvalue weighted by molar-refractivity contribution is 5.74. The summed E-state index contributed by atoms with van der Waals surface area (Å²) < 4.78 is 0. The maximum absolute atomic E-state index is 12.1. The van der Waals surface area contributed by atoms with Gasteiger partial charge in [-0.1, -0.05) is 20.8 Å². The van der Waals surface area contributed by atoms with Gasteiger partial charge in [-0.2, -0.15) is 0 Å². The van der Waals surface area contributed by atoms with Crippen LogP contribution in [0.25, 0.3) is 0 Å². The molecule has 2 amide bonds. The van der Waals surface area contributed by atoms with E-state index >= 15 is 0 Å². The maximum Gasteiger partial charge on any atom is 0.317 e. The van der Waals surface area contributed by atoms with Crippen molar-refractivity contribution in [2.24, 2.45) is 11.3 Å². The Labute approximate surface area is 121 Å². The summed E-state index contributed by atoms with van der Waals surface area (Å²) >= 11 is 0. The average molecular weight is 284 g/mol. The average Bonchev–Trinajstić information content (AvgIpc) is 2.76. The third-order valence-corrected chi connectivity index (χ3v) is 4.10. The number of carbonyl (C=O) groups is 2. The number of hydrogen-bond donors (Lipinski definition) is 2. The van der Waals surface area contributed by atoms with Crippen molar-refractivity contribution in [1.82, 2.24) is 10.2 Å². The Morgan fingerprint density at radius 3 is 2.55 bits per heavy atom. The highest BCUT2D eigenvalue weighted by Crippen LogP contribution is 2.33. The van der Waals surface area contributed by atoms with Crippen molar-refractivity contribution in [3.63, 3.8) is 0 Å². The SMILES string of the molecule is CC(CCCC(=O)O)NC(=O)N1CCC(C(C)(C)C)C1. The number of likely N-dealkylation sites (tertiary alicyclic amines) is 1. The molecule has 116 valence electrons. The molecule has 1 heterocycles. The fourth-order valence-corrected chi connectivity index (χ4v) is 2.59. The Balaban J connectivity index is 2.31. The second-order valence-corrected chi connectivity index (χ2v) is 6.93. The summed E-state index contributed by atoms with van der Waals surface area (Å²) in [7, 11) is 0. The fraction of sp³-hybridized carbons (Fsp3) is 0.867. The molecule has 0 aromatic rings. The number of amides is 2. The number of carboxylic acid groups (broad SMARTS) is 1. The standard InChI is InChI=1S/C15H28N2O3/c1-11(6-5-7-13(18)19)16-14(20)17-9-8-12(10-17)15(2,3)4/h11-12H,5-10H2,1-4H3,(H,16,20)(H,18,19). The van der Waals surface area contributed by atoms with Crippen LogP contribution in [0.3, 0.4) is 0 Å². The molecule has 5 nitrogen and oxygen atoms in total. The van der Waals surface area contributed by atoms with Gasteiger partial charge in [-0.3, -0.25) is 4.79 Å². The second kappa shape index (κ2) is 6.95. The van der Waals surface area contributed by atoms with Crippen LogP contribution in [0.1, 0.15) is 53.4 Å². The molecule has 1 saturated heterocycles. The molecule has 20 heavy (non-hydrogen) atoms. The molecule has 5 heteroatoms. The van der Waals surface area contributed by atoms with Crippen LogP contribution in [0.5, 0.6) is 0 Å². The number of carboxylic acids is 1. The Morgan fingerprint density at radius 1 is 1.40 bits per heavy atom. The van der Waals surface area contributed by atoms with E-state index in [2.05, 4.69) is 26.1 Å². The second-order valence-electron chi connectivity index (χ2n) is 6.93. The van der Waals surface area contributed by atoms with Crippen molar-refractivity contribution in [3.05, 3.63) is 0 Å². The van der Waals surface area contributed by atoms with Crippen molar-refractivity contribution in [3.8, 4) is 0 Å². The lowest BCUT2D eigenvalue weighted by molar-refractivity contribution is -0.137. The lowest BCUT2D eigenvalue weighted by atomic mass is 9.80. The first kappa shape index (κ1) is 16.8. The molecule has 0 saturated carbocycles. The van der Waals surface area contributed by atoms with Crippen LogP contribution in [0.15, 0.2) is 0 Å². The summed E-state index contributed by atoms with van der Waals surface area (Å²) in [4.78, 5) is 24.4. The molecule has 0 radical (unpaired) electrons. The smallest absolute Gasteiger partial charge is 0.317 e. The van der Waals surface area contributed by atoms with Gasteiger partial charge in [0.2, 0.25) is 0 Å². The molecule has 1 rings (SSSR count). The minimum Gasteiger partial charge on any atom is -0.481 e. The number of nitrogens with one attached hydrogen (secondary N) is 1. The minimum atomic E-state index is -0.781. The summed E-state index contributed by atoms with van der Waals surface area (Å²) in [5.41, 5.74) is 0.238. The quantitative estimate of drug-likeness (QED) is 0.815. The van der Waals surface area contributed by atoms with E-state index in [0.717, 1.165) is 19.5 Å². The fourth-order valence-electron chi connectivity index (χ4n) is 2.59. The number of nitrogens with zero attached hydrogens (tertiary/aromatic N) is 1. The van der Waals surface area contributed by atoms with Crippen LogP contribution in [0, 0.1) is 11.3 Å². The molecule has 2 unspecified atom stereocenters. The monoisotopic (exact) mass is 284 g/mol. The zero-order valence-corrected chi connectivity index (χ0v) is 13.1. The van der Waals surface area contributed by atoms with Crippen LogP contribution in [-0.4, -0.2) is 41.1 Å². The summed E-state index contributed by atoms with van der Waals surface area (Å²) in [5, 5.41) is 11.6. The summed E-state index contributed by atoms with van der Waals surface area (Å²) in [6, 6.07) is 0.00936. The lowest BCUT2D eigenvalue weighted by Gasteiger charge is -2.27. The summed E-state index contributed by atoms with van der Waals surface area (Å²) in [6.07, 6.45) is 2.52. The third kappa shape index (κ3) is 5.39. The summed E-state index contributed by atoms with van der Waals surface area (Å²) in [5.74, 6) is -0.230. The number of carbonyl (C=O) groups excluding carboxylic acids is 1. The number of aliphatic carboxylic acids is 1. The number of urea groups is 1. The molecule has 0 aromatic heterocycles. The third-order valence-electron chi connectivity index (χ3n) is 4.10. The molecular formula is C15H28N2O3. The van der Waals surface area contributed by atoms with Crippen molar-refractivity contribution < 1.29 is 14.7 Å². The van der Waals surface area contributed by atoms with Crippen molar-refractivity contribution in [2.45, 2.75) is 59.4 Å². The molecule has 1 fully saturated rings. The van der Waals surface area contributed by atoms with Crippen molar-refractivity contribution >= 4 is 12.0 Å². The normalized spacial score (nSPS) is 20.8. The Bertz CT molecular complexity index is 350. The van der Waals surface area contributed by atoms with Crippen LogP contribution >= 0.6 is 0 Å². The molecule has 0 aromatic carbocycles. The Hall–Kier alpha value is -1.26. The molecule has 2 atom stereocenters. The summed E-state index contributed by atoms with van der Waals surface area (Å²) in [6.45, 7) is 10.2. The van der Waals surface area contributed by atoms with E-state index in [1.54, 1.807) is 0 Å². The first-order valence-corrected chi connectivity index (χ1v) is 7.47. The van der Waals surface area contributed by atoms with Gasteiger partial charge >= 0.3 is 12.0 Å². The topological polar surface area (TPSA) is 69.6 Å². The van der Waals surface area contributed by atoms with Crippen LogP contribution in [0.4, 0.5) is 4.79 Å². The van der Waals surface area contributed by atoms with Gasteiger partial charge < -0.3 is 15.3 Å². The molecule has 1 aliphatic rings. The zero-order chi connectivity index (χ0) is 15.3. The van der Waals surface area contributed by atoms with Gasteiger partial charge in [0.1, 0.15) is 0 Å². The van der Waals surface area contributed by atoms with E-state index in [4.69, 9.17) is 5.11 Å². The van der Waals surface area contributed by atoms with E-state index in [-0.39, 0.29) is 23.9 Å². The van der Waals surface area contributed by atoms with Crippen molar-refractivity contribution in [1.29, 1.82) is 0 Å². The largest absolute Gasteiger partial charge is 0.481 e. The number of hydrogen-bond acceptors (Lipinski definition) is 2. The van der Waals surface area contributed by atoms with Crippen LogP contribution < -0.4 is 5.32 Å². The van der Waals surface area contributed by atoms with Crippen molar-refractivity contribution in [2.75, 3.05) is 13.1 Å². The Kier molecular flexibility index (Phi) is 5.84. The minimum absolute atomic E-state index is 0.0143. The van der Waals surface area contributed by atoms with E-state index in [9.17, 15) is 9.59 Å². The van der Waals surface area contributed by atoms with Gasteiger partial charge in [0.05, 0.1) is 0 Å². The van der Waals surface area contributed by atoms with Gasteiger partial charge in [-0.05, 0) is 37.5 Å². The zero-order valence-electron chi connectivity index (χ0n) is 13.1. The molecule has 0 aliphatic carbocycles. The van der Waals surface area contributed by atoms with E-state index in [1.165, 1.54) is 0 Å². The molecule has 0 bridgehead atoms. The van der Waals surface area contributed by atoms with Gasteiger partial charge in [-0.25, -0.2) is 4.79 Å². The van der Waals surface area contributed by atoms with Gasteiger partial charge in [0, 0.05) is 25.6 Å². The molecule has 1 aliphatic heterocycles. The Morgan fingerprint density at radius 2 is 2.05 bits per heavy atom.